The van der Waals surface area contributed by atoms with Gasteiger partial charge >= 0.3 is 0 Å². The molecule has 1 saturated carbocycles. The Bertz CT molecular complexity index is 377. The Kier molecular flexibility index (Phi) is 5.25. The molecule has 1 aromatic rings. The fraction of sp³-hybridized carbons (Fsp3) is 0.625. The molecule has 0 aliphatic heterocycles. The molecule has 0 spiro atoms. The Hall–Kier alpha value is -0.340. The average molecular weight is 310 g/mol. The van der Waals surface area contributed by atoms with Crippen molar-refractivity contribution in [2.45, 2.75) is 45.1 Å². The van der Waals surface area contributed by atoms with Crippen LogP contribution in [0.5, 0.6) is 0 Å². The maximum Gasteiger partial charge on any atom is 0.0207 e. The van der Waals surface area contributed by atoms with E-state index in [1.165, 1.54) is 42.1 Å². The number of rotatable bonds is 4. The predicted octanol–water partition coefficient (Wildman–Crippen LogP) is 4.41. The van der Waals surface area contributed by atoms with Gasteiger partial charge in [0.15, 0.2) is 0 Å². The Morgan fingerprint density at radius 2 is 2.06 bits per heavy atom. The van der Waals surface area contributed by atoms with Crippen LogP contribution in [0.1, 0.15) is 38.2 Å². The van der Waals surface area contributed by atoms with Crippen molar-refractivity contribution < 1.29 is 0 Å². The maximum atomic E-state index is 3.68. The van der Waals surface area contributed by atoms with Crippen LogP contribution in [0.3, 0.4) is 0 Å². The molecular formula is C16H24BrN. The van der Waals surface area contributed by atoms with Gasteiger partial charge in [0.25, 0.3) is 0 Å². The van der Waals surface area contributed by atoms with Crippen LogP contribution in [-0.4, -0.2) is 13.1 Å². The van der Waals surface area contributed by atoms with Gasteiger partial charge in [0.05, 0.1) is 0 Å². The summed E-state index contributed by atoms with van der Waals surface area (Å²) in [6.07, 6.45) is 6.65. The first-order valence-electron chi connectivity index (χ1n) is 7.15. The van der Waals surface area contributed by atoms with Crippen LogP contribution in [0, 0.1) is 11.8 Å². The molecule has 3 atom stereocenters. The number of benzene rings is 1. The van der Waals surface area contributed by atoms with E-state index < -0.39 is 0 Å². The molecule has 100 valence electrons. The first-order chi connectivity index (χ1) is 8.74. The summed E-state index contributed by atoms with van der Waals surface area (Å²) in [6.45, 7) is 2.33. The lowest BCUT2D eigenvalue weighted by Crippen LogP contribution is -2.39. The highest BCUT2D eigenvalue weighted by Gasteiger charge is 2.29. The normalized spacial score (nSPS) is 28.3. The Labute approximate surface area is 119 Å². The van der Waals surface area contributed by atoms with Crippen molar-refractivity contribution in [1.29, 1.82) is 0 Å². The van der Waals surface area contributed by atoms with Crippen LogP contribution in [0.15, 0.2) is 28.7 Å². The smallest absolute Gasteiger partial charge is 0.0207 e. The molecule has 0 amide bonds. The zero-order valence-corrected chi connectivity index (χ0v) is 13.0. The fourth-order valence-electron chi connectivity index (χ4n) is 3.28. The van der Waals surface area contributed by atoms with Gasteiger partial charge in [0.1, 0.15) is 0 Å². The monoisotopic (exact) mass is 309 g/mol. The molecule has 3 unspecified atom stereocenters. The molecule has 0 bridgehead atoms. The lowest BCUT2D eigenvalue weighted by molar-refractivity contribution is 0.205. The second-order valence-corrected chi connectivity index (χ2v) is 6.39. The minimum atomic E-state index is 0.694. The summed E-state index contributed by atoms with van der Waals surface area (Å²) < 4.78 is 1.26. The molecule has 18 heavy (non-hydrogen) atoms. The van der Waals surface area contributed by atoms with Crippen LogP contribution in [-0.2, 0) is 6.42 Å². The lowest BCUT2D eigenvalue weighted by Gasteiger charge is -2.36. The van der Waals surface area contributed by atoms with E-state index in [-0.39, 0.29) is 0 Å². The first kappa shape index (κ1) is 14.1. The second kappa shape index (κ2) is 6.72. The molecular weight excluding hydrogens is 286 g/mol. The SMILES string of the molecule is CCC1CCC(NC)C(Cc2ccccc2Br)C1. The van der Waals surface area contributed by atoms with E-state index in [9.17, 15) is 0 Å². The molecule has 1 nitrogen and oxygen atoms in total. The van der Waals surface area contributed by atoms with Crippen molar-refractivity contribution in [3.05, 3.63) is 34.3 Å². The van der Waals surface area contributed by atoms with Crippen LogP contribution in [0.25, 0.3) is 0 Å². The quantitative estimate of drug-likeness (QED) is 0.869. The standard InChI is InChI=1S/C16H24BrN/c1-3-12-8-9-16(18-2)14(10-12)11-13-6-4-5-7-15(13)17/h4-7,12,14,16,18H,3,8-11H2,1-2H3. The van der Waals surface area contributed by atoms with E-state index in [1.807, 2.05) is 0 Å². The molecule has 2 rings (SSSR count). The van der Waals surface area contributed by atoms with Gasteiger partial charge in [-0.1, -0.05) is 47.5 Å². The van der Waals surface area contributed by atoms with Crippen molar-refractivity contribution in [2.75, 3.05) is 7.05 Å². The molecule has 0 aromatic heterocycles. The zero-order chi connectivity index (χ0) is 13.0. The topological polar surface area (TPSA) is 12.0 Å². The first-order valence-corrected chi connectivity index (χ1v) is 7.94. The van der Waals surface area contributed by atoms with Gasteiger partial charge in [-0.3, -0.25) is 0 Å². The van der Waals surface area contributed by atoms with Crippen molar-refractivity contribution >= 4 is 15.9 Å². The van der Waals surface area contributed by atoms with Gasteiger partial charge in [-0.25, -0.2) is 0 Å². The summed E-state index contributed by atoms with van der Waals surface area (Å²) in [5.74, 6) is 1.72. The van der Waals surface area contributed by atoms with Crippen LogP contribution >= 0.6 is 15.9 Å². The van der Waals surface area contributed by atoms with Gasteiger partial charge in [-0.05, 0) is 56.2 Å². The van der Waals surface area contributed by atoms with Gasteiger partial charge in [0, 0.05) is 10.5 Å². The summed E-state index contributed by atoms with van der Waals surface area (Å²) in [7, 11) is 2.12. The molecule has 0 heterocycles. The summed E-state index contributed by atoms with van der Waals surface area (Å²) in [5.41, 5.74) is 1.46. The van der Waals surface area contributed by atoms with E-state index in [1.54, 1.807) is 0 Å². The van der Waals surface area contributed by atoms with Crippen LogP contribution in [0.4, 0.5) is 0 Å². The minimum Gasteiger partial charge on any atom is -0.317 e. The van der Waals surface area contributed by atoms with Gasteiger partial charge in [-0.15, -0.1) is 0 Å². The number of hydrogen-bond donors (Lipinski definition) is 1. The lowest BCUT2D eigenvalue weighted by atomic mass is 9.74. The summed E-state index contributed by atoms with van der Waals surface area (Å²) in [5, 5.41) is 3.52. The van der Waals surface area contributed by atoms with E-state index in [0.29, 0.717) is 6.04 Å². The van der Waals surface area contributed by atoms with Crippen molar-refractivity contribution in [3.63, 3.8) is 0 Å². The predicted molar refractivity (Wildman–Crippen MR) is 81.8 cm³/mol. The van der Waals surface area contributed by atoms with Crippen LogP contribution < -0.4 is 5.32 Å². The number of hydrogen-bond acceptors (Lipinski definition) is 1. The number of halogens is 1. The maximum absolute atomic E-state index is 3.68. The molecule has 1 aliphatic rings. The van der Waals surface area contributed by atoms with E-state index in [4.69, 9.17) is 0 Å². The van der Waals surface area contributed by atoms with Gasteiger partial charge < -0.3 is 5.32 Å². The summed E-state index contributed by atoms with van der Waals surface area (Å²) >= 11 is 3.68. The van der Waals surface area contributed by atoms with Crippen molar-refractivity contribution in [2.24, 2.45) is 11.8 Å². The fourth-order valence-corrected chi connectivity index (χ4v) is 3.73. The van der Waals surface area contributed by atoms with E-state index in [0.717, 1.165) is 11.8 Å². The highest BCUT2D eigenvalue weighted by Crippen LogP contribution is 2.34. The summed E-state index contributed by atoms with van der Waals surface area (Å²) in [6, 6.07) is 9.35. The van der Waals surface area contributed by atoms with Crippen molar-refractivity contribution in [1.82, 2.24) is 5.32 Å². The van der Waals surface area contributed by atoms with Gasteiger partial charge in [-0.2, -0.15) is 0 Å². The molecule has 2 heteroatoms. The second-order valence-electron chi connectivity index (χ2n) is 5.54. The van der Waals surface area contributed by atoms with E-state index >= 15 is 0 Å². The minimum absolute atomic E-state index is 0.694. The van der Waals surface area contributed by atoms with E-state index in [2.05, 4.69) is 59.5 Å². The average Bonchev–Trinajstić information content (AvgIpc) is 2.41. The Balaban J connectivity index is 2.07. The highest BCUT2D eigenvalue weighted by molar-refractivity contribution is 9.10. The van der Waals surface area contributed by atoms with Gasteiger partial charge in [0.2, 0.25) is 0 Å². The van der Waals surface area contributed by atoms with Crippen LogP contribution in [0.2, 0.25) is 0 Å². The molecule has 0 saturated heterocycles. The molecule has 0 radical (unpaired) electrons. The Morgan fingerprint density at radius 1 is 1.28 bits per heavy atom. The molecule has 1 fully saturated rings. The third kappa shape index (κ3) is 3.36. The molecule has 1 N–H and O–H groups in total. The largest absolute Gasteiger partial charge is 0.317 e. The molecule has 1 aliphatic carbocycles. The number of nitrogens with one attached hydrogen (secondary N) is 1. The third-order valence-electron chi connectivity index (χ3n) is 4.48. The highest BCUT2D eigenvalue weighted by atomic mass is 79.9. The Morgan fingerprint density at radius 3 is 2.72 bits per heavy atom. The van der Waals surface area contributed by atoms with Crippen molar-refractivity contribution in [3.8, 4) is 0 Å². The zero-order valence-electron chi connectivity index (χ0n) is 11.5. The molecule has 1 aromatic carbocycles. The summed E-state index contributed by atoms with van der Waals surface area (Å²) in [4.78, 5) is 0. The third-order valence-corrected chi connectivity index (χ3v) is 5.25.